The molecule has 0 aromatic heterocycles. The number of aromatic hydroxyl groups is 2. The van der Waals surface area contributed by atoms with E-state index in [2.05, 4.69) is 0 Å². The summed E-state index contributed by atoms with van der Waals surface area (Å²) in [6.45, 7) is 0. The summed E-state index contributed by atoms with van der Waals surface area (Å²) in [5, 5.41) is 50.2. The predicted octanol–water partition coefficient (Wildman–Crippen LogP) is 0.199. The molecule has 0 radical (unpaired) electrons. The van der Waals surface area contributed by atoms with Crippen LogP contribution >= 0.6 is 0 Å². The van der Waals surface area contributed by atoms with Crippen LogP contribution in [0, 0.1) is 0 Å². The van der Waals surface area contributed by atoms with E-state index < -0.39 is 34.4 Å². The van der Waals surface area contributed by atoms with E-state index in [1.54, 1.807) is 0 Å². The number of carbonyl (C=O) groups is 1. The number of rotatable bonds is 1. The quantitative estimate of drug-likeness (QED) is 0.376. The number of aliphatic hydroxyl groups is 3. The summed E-state index contributed by atoms with van der Waals surface area (Å²) >= 11 is 0. The van der Waals surface area contributed by atoms with Crippen molar-refractivity contribution in [3.05, 3.63) is 53.6 Å². The highest BCUT2D eigenvalue weighted by atomic mass is 16.7. The molecule has 22 heavy (non-hydrogen) atoms. The van der Waals surface area contributed by atoms with Crippen LogP contribution < -0.4 is 4.74 Å². The molecular weight excluding hydrogens is 292 g/mol. The maximum absolute atomic E-state index is 12.2. The molecule has 7 nitrogen and oxygen atoms in total. The van der Waals surface area contributed by atoms with E-state index in [0.717, 1.165) is 12.1 Å². The highest BCUT2D eigenvalue weighted by Gasteiger charge is 2.62. The highest BCUT2D eigenvalue weighted by molar-refractivity contribution is 6.05. The van der Waals surface area contributed by atoms with Crippen molar-refractivity contribution in [2.24, 2.45) is 0 Å². The summed E-state index contributed by atoms with van der Waals surface area (Å²) in [4.78, 5) is 12.2. The Morgan fingerprint density at radius 3 is 2.32 bits per heavy atom. The zero-order chi connectivity index (χ0) is 16.1. The summed E-state index contributed by atoms with van der Waals surface area (Å²) < 4.78 is 5.19. The fraction of sp³-hybridized carbons (Fsp3) is 0.133. The second-order valence-electron chi connectivity index (χ2n) is 4.92. The molecule has 1 heterocycles. The van der Waals surface area contributed by atoms with Crippen molar-refractivity contribution in [2.75, 3.05) is 0 Å². The first-order valence-corrected chi connectivity index (χ1v) is 6.30. The summed E-state index contributed by atoms with van der Waals surface area (Å²) in [6, 6.07) is 9.14. The first kappa shape index (κ1) is 14.3. The SMILES string of the molecule is O=C1c2ccccc2OC(O)(c2cccc(O)c2O)C1(O)O. The standard InChI is InChI=1S/C15H12O7/c16-10-6-3-5-9(12(10)17)15(21)14(19,20)13(18)8-4-1-2-7-11(8)22-15/h1-7,16-17,19-21H. The van der Waals surface area contributed by atoms with Gasteiger partial charge in [0.2, 0.25) is 5.78 Å². The number of hydrogen-bond donors (Lipinski definition) is 5. The van der Waals surface area contributed by atoms with Gasteiger partial charge in [-0.3, -0.25) is 4.79 Å². The second-order valence-corrected chi connectivity index (χ2v) is 4.92. The van der Waals surface area contributed by atoms with Gasteiger partial charge >= 0.3 is 11.6 Å². The summed E-state index contributed by atoms with van der Waals surface area (Å²) in [5.74, 6) is -9.06. The predicted molar refractivity (Wildman–Crippen MR) is 72.2 cm³/mol. The molecule has 0 fully saturated rings. The average Bonchev–Trinajstić information content (AvgIpc) is 2.48. The molecule has 0 aliphatic carbocycles. The van der Waals surface area contributed by atoms with Crippen LogP contribution in [-0.4, -0.2) is 37.1 Å². The molecule has 0 saturated heterocycles. The van der Waals surface area contributed by atoms with Crippen LogP contribution in [0.3, 0.4) is 0 Å². The zero-order valence-corrected chi connectivity index (χ0v) is 11.1. The van der Waals surface area contributed by atoms with Crippen molar-refractivity contribution in [1.29, 1.82) is 0 Å². The Hall–Kier alpha value is -2.61. The van der Waals surface area contributed by atoms with Crippen LogP contribution in [0.1, 0.15) is 15.9 Å². The minimum absolute atomic E-state index is 0.0866. The van der Waals surface area contributed by atoms with E-state index >= 15 is 0 Å². The van der Waals surface area contributed by atoms with E-state index in [1.165, 1.54) is 30.3 Å². The van der Waals surface area contributed by atoms with Crippen molar-refractivity contribution >= 4 is 5.78 Å². The minimum Gasteiger partial charge on any atom is -0.504 e. The number of benzene rings is 2. The molecule has 1 unspecified atom stereocenters. The van der Waals surface area contributed by atoms with Gasteiger partial charge in [0, 0.05) is 0 Å². The van der Waals surface area contributed by atoms with Gasteiger partial charge in [-0.05, 0) is 24.3 Å². The monoisotopic (exact) mass is 304 g/mol. The Kier molecular flexibility index (Phi) is 2.89. The molecule has 114 valence electrons. The molecule has 3 rings (SSSR count). The topological polar surface area (TPSA) is 127 Å². The molecule has 0 amide bonds. The number of para-hydroxylation sites is 2. The number of carbonyl (C=O) groups excluding carboxylic acids is 1. The lowest BCUT2D eigenvalue weighted by atomic mass is 9.86. The Bertz CT molecular complexity index is 768. The molecule has 1 aliphatic rings. The van der Waals surface area contributed by atoms with E-state index in [-0.39, 0.29) is 11.3 Å². The molecule has 2 aromatic rings. The Labute approximate surface area is 124 Å². The third-order valence-corrected chi connectivity index (χ3v) is 3.56. The van der Waals surface area contributed by atoms with E-state index in [9.17, 15) is 30.3 Å². The molecule has 5 N–H and O–H groups in total. The summed E-state index contributed by atoms with van der Waals surface area (Å²) in [7, 11) is 0. The first-order chi connectivity index (χ1) is 10.3. The van der Waals surface area contributed by atoms with Crippen molar-refractivity contribution in [2.45, 2.75) is 11.6 Å². The fourth-order valence-corrected chi connectivity index (χ4v) is 2.36. The smallest absolute Gasteiger partial charge is 0.301 e. The molecule has 0 spiro atoms. The lowest BCUT2D eigenvalue weighted by Gasteiger charge is -2.42. The van der Waals surface area contributed by atoms with Crippen LogP contribution in [0.25, 0.3) is 0 Å². The first-order valence-electron chi connectivity index (χ1n) is 6.30. The van der Waals surface area contributed by atoms with Crippen LogP contribution in [0.15, 0.2) is 42.5 Å². The lowest BCUT2D eigenvalue weighted by Crippen LogP contribution is -2.62. The second kappa shape index (κ2) is 4.44. The maximum Gasteiger partial charge on any atom is 0.301 e. The molecular formula is C15H12O7. The van der Waals surface area contributed by atoms with E-state index in [1.807, 2.05) is 0 Å². The summed E-state index contributed by atoms with van der Waals surface area (Å²) in [6.07, 6.45) is 0. The van der Waals surface area contributed by atoms with Gasteiger partial charge in [0.05, 0.1) is 11.1 Å². The van der Waals surface area contributed by atoms with Crippen LogP contribution in [-0.2, 0) is 5.79 Å². The largest absolute Gasteiger partial charge is 0.504 e. The molecule has 1 aliphatic heterocycles. The van der Waals surface area contributed by atoms with E-state index in [0.29, 0.717) is 0 Å². The van der Waals surface area contributed by atoms with Crippen LogP contribution in [0.4, 0.5) is 0 Å². The molecule has 2 aromatic carbocycles. The number of phenolic OH excluding ortho intramolecular Hbond substituents is 2. The van der Waals surface area contributed by atoms with Crippen molar-refractivity contribution in [3.8, 4) is 17.2 Å². The zero-order valence-electron chi connectivity index (χ0n) is 11.1. The van der Waals surface area contributed by atoms with Crippen molar-refractivity contribution in [3.63, 3.8) is 0 Å². The molecule has 0 bridgehead atoms. The third-order valence-electron chi connectivity index (χ3n) is 3.56. The Balaban J connectivity index is 2.26. The minimum atomic E-state index is -3.35. The fourth-order valence-electron chi connectivity index (χ4n) is 2.36. The molecule has 7 heteroatoms. The number of phenols is 2. The Morgan fingerprint density at radius 2 is 1.59 bits per heavy atom. The van der Waals surface area contributed by atoms with E-state index in [4.69, 9.17) is 4.74 Å². The molecule has 1 atom stereocenters. The third kappa shape index (κ3) is 1.70. The number of Topliss-reactive ketones (excluding diaryl/α,β-unsaturated/α-hetero) is 1. The maximum atomic E-state index is 12.2. The Morgan fingerprint density at radius 1 is 0.909 bits per heavy atom. The summed E-state index contributed by atoms with van der Waals surface area (Å²) in [5.41, 5.74) is -0.683. The van der Waals surface area contributed by atoms with Gasteiger partial charge in [0.15, 0.2) is 11.5 Å². The highest BCUT2D eigenvalue weighted by Crippen LogP contribution is 2.46. The van der Waals surface area contributed by atoms with Gasteiger partial charge in [-0.15, -0.1) is 0 Å². The number of fused-ring (bicyclic) bond motifs is 1. The van der Waals surface area contributed by atoms with Crippen LogP contribution in [0.2, 0.25) is 0 Å². The molecule has 0 saturated carbocycles. The normalized spacial score (nSPS) is 22.8. The van der Waals surface area contributed by atoms with Gasteiger partial charge in [-0.1, -0.05) is 18.2 Å². The van der Waals surface area contributed by atoms with Gasteiger partial charge in [-0.25, -0.2) is 0 Å². The van der Waals surface area contributed by atoms with Gasteiger partial charge in [0.25, 0.3) is 0 Å². The number of hydrogen-bond acceptors (Lipinski definition) is 7. The van der Waals surface area contributed by atoms with Gasteiger partial charge < -0.3 is 30.3 Å². The number of ketones is 1. The van der Waals surface area contributed by atoms with Gasteiger partial charge in [-0.2, -0.15) is 0 Å². The van der Waals surface area contributed by atoms with Crippen LogP contribution in [0.5, 0.6) is 17.2 Å². The van der Waals surface area contributed by atoms with Gasteiger partial charge in [0.1, 0.15) is 5.75 Å². The van der Waals surface area contributed by atoms with Crippen molar-refractivity contribution < 1.29 is 35.1 Å². The average molecular weight is 304 g/mol. The lowest BCUT2D eigenvalue weighted by molar-refractivity contribution is -0.328. The van der Waals surface area contributed by atoms with Crippen molar-refractivity contribution in [1.82, 2.24) is 0 Å². The number of ether oxygens (including phenoxy) is 1.